The molecule has 0 aliphatic carbocycles. The van der Waals surface area contributed by atoms with Gasteiger partial charge in [0.25, 0.3) is 0 Å². The van der Waals surface area contributed by atoms with Gasteiger partial charge in [-0.25, -0.2) is 13.6 Å². The second kappa shape index (κ2) is 6.20. The molecular formula is C8H13IN2O2S. The number of sulfonamides is 1. The zero-order valence-electron chi connectivity index (χ0n) is 7.99. The molecule has 0 heterocycles. The van der Waals surface area contributed by atoms with Crippen molar-refractivity contribution in [3.8, 4) is 0 Å². The first-order valence-electron chi connectivity index (χ1n) is 3.74. The molecule has 3 N–H and O–H groups in total. The molecule has 0 bridgehead atoms. The lowest BCUT2D eigenvalue weighted by atomic mass is 10.3. The predicted molar refractivity (Wildman–Crippen MR) is 67.7 cm³/mol. The standard InChI is InChI=1S/C7H8IN.CH5NO2S/c1-9-7-5-3-2-4-6(7)8;1-5(2,3)4/h2-5,9H,1H3;1H3,(H2,2,3,4). The van der Waals surface area contributed by atoms with Crippen LogP contribution in [0.25, 0.3) is 0 Å². The van der Waals surface area contributed by atoms with E-state index in [0.29, 0.717) is 0 Å². The van der Waals surface area contributed by atoms with E-state index in [9.17, 15) is 8.42 Å². The lowest BCUT2D eigenvalue weighted by molar-refractivity contribution is 0.603. The van der Waals surface area contributed by atoms with Gasteiger partial charge in [0.05, 0.1) is 6.26 Å². The molecule has 6 heteroatoms. The maximum atomic E-state index is 9.41. The Morgan fingerprint density at radius 3 is 2.07 bits per heavy atom. The predicted octanol–water partition coefficient (Wildman–Crippen LogP) is 1.24. The van der Waals surface area contributed by atoms with Crippen LogP contribution < -0.4 is 10.5 Å². The minimum Gasteiger partial charge on any atom is -0.387 e. The molecule has 1 aromatic carbocycles. The number of rotatable bonds is 1. The van der Waals surface area contributed by atoms with Crippen LogP contribution >= 0.6 is 22.6 Å². The first-order chi connectivity index (χ1) is 6.34. The van der Waals surface area contributed by atoms with Gasteiger partial charge in [-0.05, 0) is 34.7 Å². The number of nitrogens with one attached hydrogen (secondary N) is 1. The highest BCUT2D eigenvalue weighted by Gasteiger charge is 1.90. The van der Waals surface area contributed by atoms with Crippen LogP contribution in [0.5, 0.6) is 0 Å². The van der Waals surface area contributed by atoms with Crippen LogP contribution in [0.3, 0.4) is 0 Å². The first kappa shape index (κ1) is 13.7. The number of anilines is 1. The fourth-order valence-corrected chi connectivity index (χ4v) is 1.32. The van der Waals surface area contributed by atoms with Gasteiger partial charge in [0.2, 0.25) is 10.0 Å². The summed E-state index contributed by atoms with van der Waals surface area (Å²) in [5.74, 6) is 0. The minimum absolute atomic E-state index is 0.938. The molecule has 0 unspecified atom stereocenters. The first-order valence-corrected chi connectivity index (χ1v) is 6.78. The zero-order chi connectivity index (χ0) is 11.2. The number of nitrogens with two attached hydrogens (primary N) is 1. The third-order valence-electron chi connectivity index (χ3n) is 1.14. The Bertz CT molecular complexity index is 371. The van der Waals surface area contributed by atoms with Gasteiger partial charge in [0, 0.05) is 16.3 Å². The number of primary sulfonamides is 1. The Morgan fingerprint density at radius 2 is 1.79 bits per heavy atom. The zero-order valence-corrected chi connectivity index (χ0v) is 11.0. The number of para-hydroxylation sites is 1. The molecule has 4 nitrogen and oxygen atoms in total. The van der Waals surface area contributed by atoms with Crippen molar-refractivity contribution in [1.82, 2.24) is 0 Å². The number of hydrogen-bond donors (Lipinski definition) is 2. The van der Waals surface area contributed by atoms with E-state index < -0.39 is 10.0 Å². The molecular weight excluding hydrogens is 315 g/mol. The molecule has 14 heavy (non-hydrogen) atoms. The average molecular weight is 328 g/mol. The second-order valence-corrected chi connectivity index (χ2v) is 5.38. The molecule has 0 aliphatic heterocycles. The van der Waals surface area contributed by atoms with Crippen molar-refractivity contribution in [3.05, 3.63) is 27.8 Å². The van der Waals surface area contributed by atoms with Crippen molar-refractivity contribution < 1.29 is 8.42 Å². The Kier molecular flexibility index (Phi) is 6.05. The Morgan fingerprint density at radius 1 is 1.36 bits per heavy atom. The minimum atomic E-state index is -3.17. The van der Waals surface area contributed by atoms with E-state index in [4.69, 9.17) is 0 Å². The summed E-state index contributed by atoms with van der Waals surface area (Å²) in [5, 5.41) is 7.41. The Hall–Kier alpha value is -0.340. The van der Waals surface area contributed by atoms with Crippen molar-refractivity contribution in [1.29, 1.82) is 0 Å². The van der Waals surface area contributed by atoms with E-state index in [2.05, 4.69) is 45.2 Å². The van der Waals surface area contributed by atoms with Crippen molar-refractivity contribution in [2.24, 2.45) is 5.14 Å². The van der Waals surface area contributed by atoms with Gasteiger partial charge in [-0.1, -0.05) is 12.1 Å². The topological polar surface area (TPSA) is 72.2 Å². The molecule has 0 atom stereocenters. The summed E-state index contributed by atoms with van der Waals surface area (Å²) in [7, 11) is -1.24. The Labute approximate surface area is 98.1 Å². The van der Waals surface area contributed by atoms with E-state index in [1.807, 2.05) is 19.2 Å². The summed E-state index contributed by atoms with van der Waals surface area (Å²) in [6.45, 7) is 0. The summed E-state index contributed by atoms with van der Waals surface area (Å²) in [5.41, 5.74) is 1.19. The molecule has 0 aliphatic rings. The maximum Gasteiger partial charge on any atom is 0.206 e. The van der Waals surface area contributed by atoms with Gasteiger partial charge >= 0.3 is 0 Å². The molecule has 0 saturated heterocycles. The molecule has 1 aromatic rings. The monoisotopic (exact) mass is 328 g/mol. The summed E-state index contributed by atoms with van der Waals surface area (Å²) in [6, 6.07) is 8.19. The van der Waals surface area contributed by atoms with Crippen LogP contribution in [-0.4, -0.2) is 21.7 Å². The average Bonchev–Trinajstić information content (AvgIpc) is 2.02. The lowest BCUT2D eigenvalue weighted by Crippen LogP contribution is -2.07. The van der Waals surface area contributed by atoms with Crippen molar-refractivity contribution in [3.63, 3.8) is 0 Å². The summed E-state index contributed by atoms with van der Waals surface area (Å²) in [4.78, 5) is 0. The van der Waals surface area contributed by atoms with Crippen LogP contribution in [0.2, 0.25) is 0 Å². The fourth-order valence-electron chi connectivity index (χ4n) is 0.664. The third-order valence-corrected chi connectivity index (χ3v) is 2.08. The van der Waals surface area contributed by atoms with Gasteiger partial charge in [-0.2, -0.15) is 0 Å². The normalized spacial score (nSPS) is 10.0. The smallest absolute Gasteiger partial charge is 0.206 e. The molecule has 80 valence electrons. The highest BCUT2D eigenvalue weighted by Crippen LogP contribution is 2.15. The van der Waals surface area contributed by atoms with Gasteiger partial charge in [-0.15, -0.1) is 0 Å². The quantitative estimate of drug-likeness (QED) is 0.762. The van der Waals surface area contributed by atoms with E-state index in [-0.39, 0.29) is 0 Å². The number of hydrogen-bond acceptors (Lipinski definition) is 3. The molecule has 0 saturated carbocycles. The van der Waals surface area contributed by atoms with Crippen LogP contribution in [0.1, 0.15) is 0 Å². The van der Waals surface area contributed by atoms with Gasteiger partial charge < -0.3 is 5.32 Å². The largest absolute Gasteiger partial charge is 0.387 e. The molecule has 1 rings (SSSR count). The molecule has 0 aromatic heterocycles. The van der Waals surface area contributed by atoms with E-state index in [0.717, 1.165) is 6.26 Å². The summed E-state index contributed by atoms with van der Waals surface area (Å²) < 4.78 is 20.1. The second-order valence-electron chi connectivity index (χ2n) is 2.56. The SMILES string of the molecule is CNc1ccccc1I.CS(N)(=O)=O. The molecule has 0 amide bonds. The van der Waals surface area contributed by atoms with Crippen molar-refractivity contribution >= 4 is 38.3 Å². The van der Waals surface area contributed by atoms with Crippen LogP contribution in [0, 0.1) is 3.57 Å². The van der Waals surface area contributed by atoms with E-state index in [1.54, 1.807) is 0 Å². The highest BCUT2D eigenvalue weighted by molar-refractivity contribution is 14.1. The highest BCUT2D eigenvalue weighted by atomic mass is 127. The summed E-state index contributed by atoms with van der Waals surface area (Å²) in [6.07, 6.45) is 0.938. The molecule has 0 fully saturated rings. The van der Waals surface area contributed by atoms with Gasteiger partial charge in [-0.3, -0.25) is 0 Å². The van der Waals surface area contributed by atoms with Crippen molar-refractivity contribution in [2.75, 3.05) is 18.6 Å². The molecule has 0 spiro atoms. The maximum absolute atomic E-state index is 9.41. The van der Waals surface area contributed by atoms with Gasteiger partial charge in [0.15, 0.2) is 0 Å². The number of benzene rings is 1. The Balaban J connectivity index is 0.000000292. The molecule has 0 radical (unpaired) electrons. The van der Waals surface area contributed by atoms with E-state index >= 15 is 0 Å². The van der Waals surface area contributed by atoms with Crippen LogP contribution in [-0.2, 0) is 10.0 Å². The van der Waals surface area contributed by atoms with Crippen molar-refractivity contribution in [2.45, 2.75) is 0 Å². The van der Waals surface area contributed by atoms with Gasteiger partial charge in [0.1, 0.15) is 0 Å². The third kappa shape index (κ3) is 8.27. The van der Waals surface area contributed by atoms with Crippen LogP contribution in [0.4, 0.5) is 5.69 Å². The fraction of sp³-hybridized carbons (Fsp3) is 0.250. The lowest BCUT2D eigenvalue weighted by Gasteiger charge is -1.99. The number of halogens is 1. The van der Waals surface area contributed by atoms with E-state index in [1.165, 1.54) is 9.26 Å². The summed E-state index contributed by atoms with van der Waals surface area (Å²) >= 11 is 2.30. The van der Waals surface area contributed by atoms with Crippen LogP contribution in [0.15, 0.2) is 24.3 Å².